The lowest BCUT2D eigenvalue weighted by Crippen LogP contribution is -2.04. The second kappa shape index (κ2) is 5.87. The van der Waals surface area contributed by atoms with E-state index in [1.807, 2.05) is 0 Å². The highest BCUT2D eigenvalue weighted by molar-refractivity contribution is 14.1. The van der Waals surface area contributed by atoms with Gasteiger partial charge < -0.3 is 10.3 Å². The van der Waals surface area contributed by atoms with E-state index < -0.39 is 0 Å². The average Bonchev–Trinajstić information content (AvgIpc) is 2.86. The van der Waals surface area contributed by atoms with Gasteiger partial charge in [-0.1, -0.05) is 23.8 Å². The van der Waals surface area contributed by atoms with Gasteiger partial charge in [0.05, 0.1) is 0 Å². The van der Waals surface area contributed by atoms with Crippen LogP contribution in [0, 0.1) is 10.5 Å². The maximum absolute atomic E-state index is 3.48. The number of benzene rings is 2. The summed E-state index contributed by atoms with van der Waals surface area (Å²) in [5.41, 5.74) is 5.08. The molecule has 0 fully saturated rings. The van der Waals surface area contributed by atoms with Gasteiger partial charge in [-0.3, -0.25) is 0 Å². The van der Waals surface area contributed by atoms with Gasteiger partial charge in [0.25, 0.3) is 0 Å². The third-order valence-electron chi connectivity index (χ3n) is 3.51. The van der Waals surface area contributed by atoms with Crippen molar-refractivity contribution in [2.45, 2.75) is 13.3 Å². The van der Waals surface area contributed by atoms with Crippen LogP contribution in [0.5, 0.6) is 0 Å². The van der Waals surface area contributed by atoms with Crippen molar-refractivity contribution in [2.75, 3.05) is 11.9 Å². The molecule has 0 spiro atoms. The van der Waals surface area contributed by atoms with Gasteiger partial charge in [0, 0.05) is 32.9 Å². The van der Waals surface area contributed by atoms with Gasteiger partial charge in [0.1, 0.15) is 0 Å². The minimum Gasteiger partial charge on any atom is -0.385 e. The molecule has 3 aromatic rings. The van der Waals surface area contributed by atoms with E-state index in [4.69, 9.17) is 0 Å². The fraction of sp³-hybridized carbons (Fsp3) is 0.176. The Morgan fingerprint density at radius 1 is 1.10 bits per heavy atom. The Labute approximate surface area is 132 Å². The summed E-state index contributed by atoms with van der Waals surface area (Å²) < 4.78 is 1.31. The monoisotopic (exact) mass is 376 g/mol. The first-order valence-corrected chi connectivity index (χ1v) is 7.87. The maximum atomic E-state index is 3.48. The second-order valence-corrected chi connectivity index (χ2v) is 6.18. The van der Waals surface area contributed by atoms with Crippen LogP contribution in [0.2, 0.25) is 0 Å². The molecule has 0 radical (unpaired) electrons. The second-order valence-electron chi connectivity index (χ2n) is 5.02. The van der Waals surface area contributed by atoms with Crippen molar-refractivity contribution in [3.05, 3.63) is 63.4 Å². The number of hydrogen-bond donors (Lipinski definition) is 2. The molecule has 2 aromatic carbocycles. The Bertz CT molecular complexity index is 713. The van der Waals surface area contributed by atoms with Gasteiger partial charge in [-0.15, -0.1) is 0 Å². The van der Waals surface area contributed by atoms with Crippen LogP contribution < -0.4 is 5.32 Å². The molecule has 0 saturated carbocycles. The minimum absolute atomic E-state index is 0.945. The highest BCUT2D eigenvalue weighted by Crippen LogP contribution is 2.24. The number of aryl methyl sites for hydroxylation is 1. The summed E-state index contributed by atoms with van der Waals surface area (Å²) in [6, 6.07) is 14.9. The van der Waals surface area contributed by atoms with Gasteiger partial charge in [-0.05, 0) is 65.8 Å². The summed E-state index contributed by atoms with van der Waals surface area (Å²) in [5, 5.41) is 4.84. The zero-order valence-corrected chi connectivity index (χ0v) is 13.6. The maximum Gasteiger partial charge on any atom is 0.0467 e. The van der Waals surface area contributed by atoms with E-state index in [9.17, 15) is 0 Å². The van der Waals surface area contributed by atoms with Gasteiger partial charge in [-0.25, -0.2) is 0 Å². The van der Waals surface area contributed by atoms with Crippen LogP contribution in [0.3, 0.4) is 0 Å². The lowest BCUT2D eigenvalue weighted by Gasteiger charge is -2.06. The molecule has 0 aliphatic heterocycles. The summed E-state index contributed by atoms with van der Waals surface area (Å²) in [4.78, 5) is 3.35. The van der Waals surface area contributed by atoms with Gasteiger partial charge in [0.15, 0.2) is 0 Å². The molecule has 0 atom stereocenters. The number of fused-ring (bicyclic) bond motifs is 1. The molecule has 0 aliphatic carbocycles. The van der Waals surface area contributed by atoms with Crippen LogP contribution in [0.4, 0.5) is 5.69 Å². The van der Waals surface area contributed by atoms with Crippen LogP contribution in [0.25, 0.3) is 10.9 Å². The minimum atomic E-state index is 0.945. The van der Waals surface area contributed by atoms with E-state index in [2.05, 4.69) is 88.5 Å². The quantitative estimate of drug-likeness (QED) is 0.633. The molecule has 20 heavy (non-hydrogen) atoms. The van der Waals surface area contributed by atoms with Gasteiger partial charge in [0.2, 0.25) is 0 Å². The molecule has 0 amide bonds. The molecule has 0 aliphatic rings. The van der Waals surface area contributed by atoms with Crippen molar-refractivity contribution < 1.29 is 0 Å². The highest BCUT2D eigenvalue weighted by atomic mass is 127. The van der Waals surface area contributed by atoms with Crippen molar-refractivity contribution in [3.63, 3.8) is 0 Å². The number of aromatic amines is 1. The topological polar surface area (TPSA) is 27.8 Å². The zero-order chi connectivity index (χ0) is 13.9. The average molecular weight is 376 g/mol. The fourth-order valence-electron chi connectivity index (χ4n) is 2.42. The molecular weight excluding hydrogens is 359 g/mol. The molecule has 0 bridgehead atoms. The molecule has 3 rings (SSSR count). The number of nitrogens with one attached hydrogen (secondary N) is 2. The lowest BCUT2D eigenvalue weighted by molar-refractivity contribution is 1.03. The van der Waals surface area contributed by atoms with E-state index >= 15 is 0 Å². The number of halogens is 1. The normalized spacial score (nSPS) is 10.9. The van der Waals surface area contributed by atoms with E-state index in [1.165, 1.54) is 31.3 Å². The number of hydrogen-bond acceptors (Lipinski definition) is 1. The van der Waals surface area contributed by atoms with E-state index in [1.54, 1.807) is 0 Å². The first-order valence-electron chi connectivity index (χ1n) is 6.79. The Hall–Kier alpha value is -1.49. The Balaban J connectivity index is 1.70. The molecule has 102 valence electrons. The van der Waals surface area contributed by atoms with Gasteiger partial charge in [-0.2, -0.15) is 0 Å². The van der Waals surface area contributed by atoms with E-state index in [0.29, 0.717) is 0 Å². The van der Waals surface area contributed by atoms with Crippen molar-refractivity contribution in [3.8, 4) is 0 Å². The summed E-state index contributed by atoms with van der Waals surface area (Å²) in [6.45, 7) is 3.05. The first-order chi connectivity index (χ1) is 9.74. The fourth-order valence-corrected chi connectivity index (χ4v) is 3.26. The Kier molecular flexibility index (Phi) is 3.96. The van der Waals surface area contributed by atoms with Crippen LogP contribution in [-0.4, -0.2) is 11.5 Å². The standard InChI is InChI=1S/C17H17IN2/c1-12-5-7-14(8-6-12)19-10-9-13-11-20-16-4-2-3-15(18)17(13)16/h2-8,11,19-20H,9-10H2,1H3. The molecule has 0 unspecified atom stereocenters. The van der Waals surface area contributed by atoms with Crippen LogP contribution in [-0.2, 0) is 6.42 Å². The molecule has 2 nitrogen and oxygen atoms in total. The van der Waals surface area contributed by atoms with E-state index in [-0.39, 0.29) is 0 Å². The number of rotatable bonds is 4. The smallest absolute Gasteiger partial charge is 0.0467 e. The summed E-state index contributed by atoms with van der Waals surface area (Å²) in [7, 11) is 0. The summed E-state index contributed by atoms with van der Waals surface area (Å²) >= 11 is 2.41. The largest absolute Gasteiger partial charge is 0.385 e. The Morgan fingerprint density at radius 3 is 2.70 bits per heavy atom. The van der Waals surface area contributed by atoms with Crippen LogP contribution in [0.15, 0.2) is 48.7 Å². The molecule has 3 heteroatoms. The number of aromatic nitrogens is 1. The van der Waals surface area contributed by atoms with Crippen molar-refractivity contribution in [1.82, 2.24) is 4.98 Å². The Morgan fingerprint density at radius 2 is 1.90 bits per heavy atom. The highest BCUT2D eigenvalue weighted by Gasteiger charge is 2.06. The SMILES string of the molecule is Cc1ccc(NCCc2c[nH]c3cccc(I)c23)cc1. The lowest BCUT2D eigenvalue weighted by atomic mass is 10.1. The van der Waals surface area contributed by atoms with Crippen LogP contribution >= 0.6 is 22.6 Å². The van der Waals surface area contributed by atoms with Crippen molar-refractivity contribution >= 4 is 39.2 Å². The number of H-pyrrole nitrogens is 1. The number of anilines is 1. The summed E-state index contributed by atoms with van der Waals surface area (Å²) in [5.74, 6) is 0. The van der Waals surface area contributed by atoms with Crippen molar-refractivity contribution in [1.29, 1.82) is 0 Å². The predicted octanol–water partition coefficient (Wildman–Crippen LogP) is 4.74. The third-order valence-corrected chi connectivity index (χ3v) is 4.41. The first kappa shape index (κ1) is 13.5. The predicted molar refractivity (Wildman–Crippen MR) is 94.4 cm³/mol. The van der Waals surface area contributed by atoms with Crippen LogP contribution in [0.1, 0.15) is 11.1 Å². The molecule has 0 saturated heterocycles. The molecule has 1 aromatic heterocycles. The molecular formula is C17H17IN2. The third kappa shape index (κ3) is 2.82. The van der Waals surface area contributed by atoms with Gasteiger partial charge >= 0.3 is 0 Å². The summed E-state index contributed by atoms with van der Waals surface area (Å²) in [6.07, 6.45) is 3.15. The van der Waals surface area contributed by atoms with Crippen molar-refractivity contribution in [2.24, 2.45) is 0 Å². The zero-order valence-electron chi connectivity index (χ0n) is 11.4. The molecule has 1 heterocycles. The molecule has 2 N–H and O–H groups in total. The van der Waals surface area contributed by atoms with E-state index in [0.717, 1.165) is 13.0 Å².